The summed E-state index contributed by atoms with van der Waals surface area (Å²) < 4.78 is 12.8. The highest BCUT2D eigenvalue weighted by molar-refractivity contribution is 6.28. The standard InChI is InChI=1S/C23H25ClN6O5.C2H4O2/c1-2-14-10-15(35-28-14)19-17(32)18(33)22(34-19)30-11-25-16-20(26-23(24)27-21(16)30)29(12-31)9-8-13-6-4-3-5-7-13;1-2(3)4/h3-7,10-11,17-19,22,31-33H,2,8-9,12H2,1H3;1H3,(H,3,4)/t17-,18+,19+,22+;/m0./s1. The number of anilines is 1. The molecule has 4 heterocycles. The van der Waals surface area contributed by atoms with Gasteiger partial charge in [-0.05, 0) is 30.0 Å². The number of aromatic nitrogens is 5. The Labute approximate surface area is 228 Å². The predicted octanol–water partition coefficient (Wildman–Crippen LogP) is 2.11. The fourth-order valence-corrected chi connectivity index (χ4v) is 4.35. The molecule has 1 aliphatic heterocycles. The van der Waals surface area contributed by atoms with Crippen molar-refractivity contribution in [2.24, 2.45) is 0 Å². The van der Waals surface area contributed by atoms with E-state index in [9.17, 15) is 15.3 Å². The number of carbonyl (C=O) groups is 1. The molecular formula is C25H29ClN6O7. The van der Waals surface area contributed by atoms with Crippen molar-refractivity contribution >= 4 is 34.6 Å². The Balaban J connectivity index is 0.000000826. The number of hydrogen-bond donors (Lipinski definition) is 4. The number of ether oxygens (including phenoxy) is 1. The number of halogens is 1. The first-order valence-electron chi connectivity index (χ1n) is 12.2. The third kappa shape index (κ3) is 6.34. The monoisotopic (exact) mass is 560 g/mol. The summed E-state index contributed by atoms with van der Waals surface area (Å²) in [5.41, 5.74) is 2.49. The number of hydrogen-bond acceptors (Lipinski definition) is 11. The number of carboxylic acid groups (broad SMARTS) is 1. The third-order valence-electron chi connectivity index (χ3n) is 6.09. The highest BCUT2D eigenvalue weighted by Crippen LogP contribution is 2.40. The van der Waals surface area contributed by atoms with Crippen LogP contribution in [0.3, 0.4) is 0 Å². The van der Waals surface area contributed by atoms with Crippen LogP contribution in [0.15, 0.2) is 47.2 Å². The Morgan fingerprint density at radius 1 is 1.18 bits per heavy atom. The topological polar surface area (TPSA) is 180 Å². The summed E-state index contributed by atoms with van der Waals surface area (Å²) in [5.74, 6) is -0.161. The molecular weight excluding hydrogens is 532 g/mol. The average Bonchev–Trinajstić information content (AvgIpc) is 3.63. The van der Waals surface area contributed by atoms with E-state index in [2.05, 4.69) is 20.1 Å². The molecule has 1 aromatic carbocycles. The summed E-state index contributed by atoms with van der Waals surface area (Å²) in [6.07, 6.45) is -1.72. The van der Waals surface area contributed by atoms with Gasteiger partial charge in [0.15, 0.2) is 29.0 Å². The fraction of sp³-hybridized carbons (Fsp3) is 0.400. The van der Waals surface area contributed by atoms with Gasteiger partial charge in [0.2, 0.25) is 5.28 Å². The van der Waals surface area contributed by atoms with Gasteiger partial charge in [-0.25, -0.2) is 4.98 Å². The van der Waals surface area contributed by atoms with Crippen LogP contribution in [0.1, 0.15) is 43.2 Å². The highest BCUT2D eigenvalue weighted by atomic mass is 35.5. The van der Waals surface area contributed by atoms with Crippen LogP contribution < -0.4 is 4.90 Å². The van der Waals surface area contributed by atoms with Gasteiger partial charge in [0, 0.05) is 19.5 Å². The van der Waals surface area contributed by atoms with Gasteiger partial charge < -0.3 is 34.6 Å². The molecule has 0 spiro atoms. The lowest BCUT2D eigenvalue weighted by Gasteiger charge is -2.22. The van der Waals surface area contributed by atoms with E-state index in [1.807, 2.05) is 37.3 Å². The number of aliphatic carboxylic acids is 1. The van der Waals surface area contributed by atoms with Gasteiger partial charge in [0.1, 0.15) is 25.0 Å². The van der Waals surface area contributed by atoms with Crippen LogP contribution in [-0.2, 0) is 22.4 Å². The first-order chi connectivity index (χ1) is 18.7. The number of nitrogens with zero attached hydrogens (tertiary/aromatic N) is 6. The molecule has 0 bridgehead atoms. The molecule has 4 N–H and O–H groups in total. The van der Waals surface area contributed by atoms with Gasteiger partial charge in [-0.15, -0.1) is 0 Å². The summed E-state index contributed by atoms with van der Waals surface area (Å²) >= 11 is 6.24. The molecule has 0 radical (unpaired) electrons. The van der Waals surface area contributed by atoms with E-state index < -0.39 is 30.5 Å². The van der Waals surface area contributed by atoms with Crippen LogP contribution in [0, 0.1) is 0 Å². The molecule has 1 saturated heterocycles. The second-order valence-corrected chi connectivity index (χ2v) is 9.14. The van der Waals surface area contributed by atoms with Crippen LogP contribution in [0.2, 0.25) is 5.28 Å². The second kappa shape index (κ2) is 12.5. The molecule has 0 unspecified atom stereocenters. The van der Waals surface area contributed by atoms with Crippen LogP contribution in [-0.4, -0.2) is 76.6 Å². The van der Waals surface area contributed by atoms with Crippen LogP contribution >= 0.6 is 11.6 Å². The van der Waals surface area contributed by atoms with Crippen molar-refractivity contribution in [3.63, 3.8) is 0 Å². The number of carboxylic acids is 1. The smallest absolute Gasteiger partial charge is 0.300 e. The Morgan fingerprint density at radius 3 is 2.54 bits per heavy atom. The van der Waals surface area contributed by atoms with Crippen molar-refractivity contribution in [2.45, 2.75) is 51.2 Å². The van der Waals surface area contributed by atoms with E-state index in [0.29, 0.717) is 47.8 Å². The summed E-state index contributed by atoms with van der Waals surface area (Å²) in [5, 5.41) is 42.8. The van der Waals surface area contributed by atoms with Crippen LogP contribution in [0.4, 0.5) is 5.82 Å². The second-order valence-electron chi connectivity index (χ2n) is 8.80. The molecule has 1 fully saturated rings. The maximum atomic E-state index is 10.8. The Morgan fingerprint density at radius 2 is 1.90 bits per heavy atom. The quantitative estimate of drug-likeness (QED) is 0.182. The number of fused-ring (bicyclic) bond motifs is 1. The SMILES string of the molecule is CC(=O)O.CCc1cc([C@H]2O[C@@H](n3cnc4c(N(CO)CCc5ccccc5)nc(Cl)nc43)[C@H](O)[C@@H]2O)on1. The van der Waals surface area contributed by atoms with E-state index in [4.69, 9.17) is 30.8 Å². The Kier molecular flexibility index (Phi) is 9.09. The first-order valence-corrected chi connectivity index (χ1v) is 12.6. The number of aliphatic hydroxyl groups excluding tert-OH is 3. The lowest BCUT2D eigenvalue weighted by Crippen LogP contribution is -2.29. The minimum atomic E-state index is -1.29. The molecule has 13 nitrogen and oxygen atoms in total. The van der Waals surface area contributed by atoms with Crippen molar-refractivity contribution in [3.8, 4) is 0 Å². The van der Waals surface area contributed by atoms with Gasteiger partial charge in [-0.1, -0.05) is 42.4 Å². The molecule has 0 aliphatic carbocycles. The van der Waals surface area contributed by atoms with Crippen molar-refractivity contribution in [2.75, 3.05) is 18.2 Å². The number of aryl methyl sites for hydroxylation is 1. The number of aliphatic hydroxyl groups is 3. The molecule has 0 saturated carbocycles. The molecule has 39 heavy (non-hydrogen) atoms. The van der Waals surface area contributed by atoms with Gasteiger partial charge in [0.25, 0.3) is 5.97 Å². The van der Waals surface area contributed by atoms with E-state index in [0.717, 1.165) is 12.5 Å². The molecule has 5 rings (SSSR count). The Hall–Kier alpha value is -3.62. The molecule has 4 aromatic rings. The van der Waals surface area contributed by atoms with Gasteiger partial charge in [-0.2, -0.15) is 9.97 Å². The van der Waals surface area contributed by atoms with Crippen molar-refractivity contribution < 1.29 is 34.5 Å². The minimum Gasteiger partial charge on any atom is -0.481 e. The maximum Gasteiger partial charge on any atom is 0.300 e. The zero-order valence-corrected chi connectivity index (χ0v) is 22.0. The average molecular weight is 561 g/mol. The third-order valence-corrected chi connectivity index (χ3v) is 6.26. The fourth-order valence-electron chi connectivity index (χ4n) is 4.19. The van der Waals surface area contributed by atoms with Gasteiger partial charge in [-0.3, -0.25) is 9.36 Å². The molecule has 208 valence electrons. The zero-order chi connectivity index (χ0) is 28.1. The maximum absolute atomic E-state index is 10.8. The minimum absolute atomic E-state index is 0.0557. The molecule has 3 aromatic heterocycles. The lowest BCUT2D eigenvalue weighted by molar-refractivity contribution is -0.134. The molecule has 0 amide bonds. The van der Waals surface area contributed by atoms with Gasteiger partial charge in [0.05, 0.1) is 12.0 Å². The molecule has 14 heteroatoms. The van der Waals surface area contributed by atoms with E-state index in [1.165, 1.54) is 10.9 Å². The molecule has 1 aliphatic rings. The van der Waals surface area contributed by atoms with E-state index >= 15 is 0 Å². The normalized spacial score (nSPS) is 20.6. The summed E-state index contributed by atoms with van der Waals surface area (Å²) in [6.45, 7) is 3.17. The first kappa shape index (κ1) is 28.4. The number of benzene rings is 1. The zero-order valence-electron chi connectivity index (χ0n) is 21.3. The van der Waals surface area contributed by atoms with E-state index in [-0.39, 0.29) is 12.0 Å². The molecule has 4 atom stereocenters. The predicted molar refractivity (Wildman–Crippen MR) is 139 cm³/mol. The summed E-state index contributed by atoms with van der Waals surface area (Å²) in [4.78, 5) is 23.7. The largest absolute Gasteiger partial charge is 0.481 e. The summed E-state index contributed by atoms with van der Waals surface area (Å²) in [6, 6.07) is 11.6. The van der Waals surface area contributed by atoms with Crippen LogP contribution in [0.25, 0.3) is 11.2 Å². The van der Waals surface area contributed by atoms with E-state index in [1.54, 1.807) is 11.0 Å². The van der Waals surface area contributed by atoms with Crippen molar-refractivity contribution in [1.29, 1.82) is 0 Å². The highest BCUT2D eigenvalue weighted by Gasteiger charge is 2.47. The number of rotatable bonds is 8. The summed E-state index contributed by atoms with van der Waals surface area (Å²) in [7, 11) is 0. The lowest BCUT2D eigenvalue weighted by atomic mass is 10.1. The number of imidazole rings is 1. The Bertz CT molecular complexity index is 1390. The van der Waals surface area contributed by atoms with Crippen LogP contribution in [0.5, 0.6) is 0 Å². The van der Waals surface area contributed by atoms with Crippen molar-refractivity contribution in [1.82, 2.24) is 24.7 Å². The van der Waals surface area contributed by atoms with Gasteiger partial charge >= 0.3 is 0 Å². The van der Waals surface area contributed by atoms with Crippen molar-refractivity contribution in [3.05, 3.63) is 65.0 Å².